The van der Waals surface area contributed by atoms with Crippen molar-refractivity contribution < 1.29 is 9.15 Å². The number of rotatable bonds is 0. The molecule has 32 heavy (non-hydrogen) atoms. The lowest BCUT2D eigenvalue weighted by Gasteiger charge is -2.34. The molecule has 1 spiro atoms. The van der Waals surface area contributed by atoms with Crippen LogP contribution in [0.15, 0.2) is 80.1 Å². The number of hydrogen-bond acceptors (Lipinski definition) is 7. The number of aryl methyl sites for hydroxylation is 1. The monoisotopic (exact) mass is 422 g/mol. The predicted octanol–water partition coefficient (Wildman–Crippen LogP) is 2.38. The molecule has 0 saturated carbocycles. The summed E-state index contributed by atoms with van der Waals surface area (Å²) in [5, 5.41) is 10.6. The van der Waals surface area contributed by atoms with Crippen LogP contribution in [-0.4, -0.2) is 9.55 Å². The standard InChI is InChI=1S/C24H14N4O4/c1-12-10-18-19(22(30)31-12)24(15(11-25)20(26)32-18)14-7-3-5-9-17(14)28-21(29)13-6-2-4-8-16(13)27-23(24)28/h2-10H,26H2,1H3. The van der Waals surface area contributed by atoms with Gasteiger partial charge in [0.15, 0.2) is 0 Å². The molecule has 4 heterocycles. The first-order chi connectivity index (χ1) is 15.5. The van der Waals surface area contributed by atoms with Crippen molar-refractivity contribution in [1.29, 1.82) is 5.26 Å². The molecule has 8 nitrogen and oxygen atoms in total. The molecule has 0 saturated heterocycles. The predicted molar refractivity (Wildman–Crippen MR) is 114 cm³/mol. The Morgan fingerprint density at radius 2 is 1.88 bits per heavy atom. The van der Waals surface area contributed by atoms with Crippen LogP contribution >= 0.6 is 0 Å². The van der Waals surface area contributed by atoms with E-state index in [-0.39, 0.29) is 34.2 Å². The summed E-state index contributed by atoms with van der Waals surface area (Å²) >= 11 is 0. The number of benzene rings is 2. The van der Waals surface area contributed by atoms with Gasteiger partial charge in [-0.25, -0.2) is 9.78 Å². The Hall–Kier alpha value is -4.64. The lowest BCUT2D eigenvalue weighted by Crippen LogP contribution is -2.42. The molecule has 0 bridgehead atoms. The van der Waals surface area contributed by atoms with Crippen molar-refractivity contribution in [1.82, 2.24) is 9.55 Å². The van der Waals surface area contributed by atoms with Crippen molar-refractivity contribution in [3.05, 3.63) is 110 Å². The molecular formula is C24H14N4O4. The van der Waals surface area contributed by atoms with Crippen LogP contribution in [0.25, 0.3) is 16.6 Å². The van der Waals surface area contributed by atoms with Gasteiger partial charge in [-0.3, -0.25) is 9.36 Å². The first-order valence-corrected chi connectivity index (χ1v) is 9.84. The van der Waals surface area contributed by atoms with Crippen molar-refractivity contribution >= 4 is 10.9 Å². The van der Waals surface area contributed by atoms with Gasteiger partial charge in [0.2, 0.25) is 5.88 Å². The second-order valence-corrected chi connectivity index (χ2v) is 7.70. The van der Waals surface area contributed by atoms with E-state index >= 15 is 0 Å². The van der Waals surface area contributed by atoms with Gasteiger partial charge >= 0.3 is 5.63 Å². The summed E-state index contributed by atoms with van der Waals surface area (Å²) in [6.45, 7) is 1.62. The second-order valence-electron chi connectivity index (χ2n) is 7.70. The molecule has 2 aliphatic heterocycles. The Morgan fingerprint density at radius 3 is 2.69 bits per heavy atom. The quantitative estimate of drug-likeness (QED) is 0.461. The molecular weight excluding hydrogens is 408 g/mol. The summed E-state index contributed by atoms with van der Waals surface area (Å²) in [6.07, 6.45) is 0. The number of hydrogen-bond donors (Lipinski definition) is 1. The van der Waals surface area contributed by atoms with Crippen molar-refractivity contribution in [2.24, 2.45) is 5.73 Å². The molecule has 154 valence electrons. The molecule has 1 unspecified atom stereocenters. The highest BCUT2D eigenvalue weighted by atomic mass is 16.5. The molecule has 0 amide bonds. The van der Waals surface area contributed by atoms with Gasteiger partial charge in [0, 0.05) is 11.6 Å². The van der Waals surface area contributed by atoms with Crippen molar-refractivity contribution in [3.63, 3.8) is 0 Å². The van der Waals surface area contributed by atoms with Gasteiger partial charge in [0.05, 0.1) is 16.6 Å². The van der Waals surface area contributed by atoms with Crippen LogP contribution < -0.4 is 21.7 Å². The van der Waals surface area contributed by atoms with Crippen LogP contribution in [-0.2, 0) is 5.41 Å². The molecule has 0 aliphatic carbocycles. The first-order valence-electron chi connectivity index (χ1n) is 9.84. The SMILES string of the molecule is Cc1cc2c(c(=O)o1)C1(C(C#N)=C(N)O2)c2ccccc2-n2c1nc1ccccc1c2=O. The fraction of sp³-hybridized carbons (Fsp3) is 0.0833. The zero-order valence-corrected chi connectivity index (χ0v) is 16.7. The number of nitrogens with zero attached hydrogens (tertiary/aromatic N) is 3. The van der Waals surface area contributed by atoms with Gasteiger partial charge in [-0.05, 0) is 25.1 Å². The highest BCUT2D eigenvalue weighted by Crippen LogP contribution is 2.54. The lowest BCUT2D eigenvalue weighted by molar-refractivity contribution is 0.355. The smallest absolute Gasteiger partial charge is 0.344 e. The van der Waals surface area contributed by atoms with Gasteiger partial charge < -0.3 is 14.9 Å². The average molecular weight is 422 g/mol. The largest absolute Gasteiger partial charge is 0.440 e. The molecule has 6 rings (SSSR count). The molecule has 4 aromatic rings. The highest BCUT2D eigenvalue weighted by Gasteiger charge is 2.57. The number of ether oxygens (including phenoxy) is 1. The van der Waals surface area contributed by atoms with E-state index in [1.807, 2.05) is 0 Å². The molecule has 2 aromatic heterocycles. The minimum Gasteiger partial charge on any atom is -0.440 e. The normalized spacial score (nSPS) is 18.1. The van der Waals surface area contributed by atoms with Crippen LogP contribution in [0.4, 0.5) is 0 Å². The minimum atomic E-state index is -1.56. The van der Waals surface area contributed by atoms with E-state index in [9.17, 15) is 14.9 Å². The summed E-state index contributed by atoms with van der Waals surface area (Å²) < 4.78 is 12.5. The number of aromatic nitrogens is 2. The van der Waals surface area contributed by atoms with E-state index in [2.05, 4.69) is 6.07 Å². The maximum Gasteiger partial charge on any atom is 0.344 e. The third kappa shape index (κ3) is 1.97. The fourth-order valence-corrected chi connectivity index (χ4v) is 4.83. The van der Waals surface area contributed by atoms with E-state index in [1.54, 1.807) is 61.5 Å². The Kier molecular flexibility index (Phi) is 3.38. The van der Waals surface area contributed by atoms with Gasteiger partial charge in [-0.1, -0.05) is 30.3 Å². The maximum atomic E-state index is 13.6. The average Bonchev–Trinajstić information content (AvgIpc) is 3.04. The van der Waals surface area contributed by atoms with Crippen LogP contribution in [0.5, 0.6) is 5.75 Å². The number of nitriles is 1. The molecule has 8 heteroatoms. The number of fused-ring (bicyclic) bond motifs is 8. The summed E-state index contributed by atoms with van der Waals surface area (Å²) in [5.41, 5.74) is 5.18. The number of nitrogens with two attached hydrogens (primary N) is 1. The summed E-state index contributed by atoms with van der Waals surface area (Å²) in [4.78, 5) is 31.6. The Bertz CT molecular complexity index is 1690. The molecule has 2 N–H and O–H groups in total. The number of allylic oxidation sites excluding steroid dienone is 1. The Morgan fingerprint density at radius 1 is 1.12 bits per heavy atom. The Labute approximate surface area is 180 Å². The summed E-state index contributed by atoms with van der Waals surface area (Å²) in [6, 6.07) is 17.6. The van der Waals surface area contributed by atoms with E-state index in [1.165, 1.54) is 4.57 Å². The van der Waals surface area contributed by atoms with E-state index in [0.717, 1.165) is 0 Å². The van der Waals surface area contributed by atoms with Gasteiger partial charge in [0.25, 0.3) is 5.56 Å². The van der Waals surface area contributed by atoms with Gasteiger partial charge in [-0.15, -0.1) is 0 Å². The highest BCUT2D eigenvalue weighted by molar-refractivity contribution is 5.81. The first kappa shape index (κ1) is 18.2. The fourth-order valence-electron chi connectivity index (χ4n) is 4.83. The maximum absolute atomic E-state index is 13.6. The molecule has 0 radical (unpaired) electrons. The van der Waals surface area contributed by atoms with Crippen LogP contribution in [0.2, 0.25) is 0 Å². The van der Waals surface area contributed by atoms with Gasteiger partial charge in [-0.2, -0.15) is 5.26 Å². The molecule has 2 aromatic carbocycles. The van der Waals surface area contributed by atoms with Crippen molar-refractivity contribution in [2.75, 3.05) is 0 Å². The molecule has 2 aliphatic rings. The zero-order valence-electron chi connectivity index (χ0n) is 16.7. The van der Waals surface area contributed by atoms with Crippen molar-refractivity contribution in [2.45, 2.75) is 12.3 Å². The topological polar surface area (TPSA) is 124 Å². The molecule has 1 atom stereocenters. The van der Waals surface area contributed by atoms with Crippen molar-refractivity contribution in [3.8, 4) is 17.5 Å². The Balaban J connectivity index is 1.93. The summed E-state index contributed by atoms with van der Waals surface area (Å²) in [7, 11) is 0. The van der Waals surface area contributed by atoms with Crippen LogP contribution in [0.1, 0.15) is 22.7 Å². The summed E-state index contributed by atoms with van der Waals surface area (Å²) in [5.74, 6) is 0.534. The number of para-hydroxylation sites is 2. The second kappa shape index (κ2) is 5.95. The minimum absolute atomic E-state index is 0.0259. The van der Waals surface area contributed by atoms with E-state index in [0.29, 0.717) is 27.9 Å². The lowest BCUT2D eigenvalue weighted by atomic mass is 9.69. The third-order valence-electron chi connectivity index (χ3n) is 6.03. The zero-order chi connectivity index (χ0) is 22.2. The van der Waals surface area contributed by atoms with E-state index in [4.69, 9.17) is 19.9 Å². The van der Waals surface area contributed by atoms with Crippen LogP contribution in [0.3, 0.4) is 0 Å². The van der Waals surface area contributed by atoms with Crippen LogP contribution in [0, 0.1) is 18.3 Å². The van der Waals surface area contributed by atoms with Gasteiger partial charge in [0.1, 0.15) is 40.0 Å². The van der Waals surface area contributed by atoms with E-state index < -0.39 is 11.0 Å². The third-order valence-corrected chi connectivity index (χ3v) is 6.03. The molecule has 0 fully saturated rings.